The van der Waals surface area contributed by atoms with Crippen molar-refractivity contribution in [2.24, 2.45) is 0 Å². The maximum Gasteiger partial charge on any atom is 0.371 e. The number of carbonyl (C=O) groups is 2. The van der Waals surface area contributed by atoms with Gasteiger partial charge in [0, 0.05) is 5.38 Å². The van der Waals surface area contributed by atoms with E-state index in [9.17, 15) is 9.59 Å². The number of rotatable bonds is 3. The van der Waals surface area contributed by atoms with Crippen molar-refractivity contribution in [2.75, 3.05) is 0 Å². The summed E-state index contributed by atoms with van der Waals surface area (Å²) in [6, 6.07) is 2.51. The number of carbonyl (C=O) groups excluding carboxylic acids is 1. The molecule has 0 aliphatic heterocycles. The third-order valence-electron chi connectivity index (χ3n) is 1.63. The van der Waals surface area contributed by atoms with E-state index >= 15 is 0 Å². The standard InChI is InChI=1S/C8H4N2O4S/c11-7(4-3-15-10-9-4)5-1-2-6(14-5)8(12)13/h1-3H,(H,12,13). The number of aromatic nitrogens is 2. The highest BCUT2D eigenvalue weighted by Crippen LogP contribution is 2.12. The van der Waals surface area contributed by atoms with E-state index in [1.807, 2.05) is 0 Å². The van der Waals surface area contributed by atoms with Crippen molar-refractivity contribution < 1.29 is 19.1 Å². The molecule has 15 heavy (non-hydrogen) atoms. The first kappa shape index (κ1) is 9.53. The van der Waals surface area contributed by atoms with E-state index in [1.165, 1.54) is 17.5 Å². The third kappa shape index (κ3) is 1.77. The molecule has 0 saturated heterocycles. The van der Waals surface area contributed by atoms with Crippen LogP contribution >= 0.6 is 11.5 Å². The summed E-state index contributed by atoms with van der Waals surface area (Å²) in [6.07, 6.45) is 0. The lowest BCUT2D eigenvalue weighted by atomic mass is 10.2. The molecule has 0 amide bonds. The van der Waals surface area contributed by atoms with Gasteiger partial charge in [-0.2, -0.15) is 0 Å². The summed E-state index contributed by atoms with van der Waals surface area (Å²) >= 11 is 1.04. The van der Waals surface area contributed by atoms with Crippen LogP contribution in [0, 0.1) is 0 Å². The maximum atomic E-state index is 11.6. The van der Waals surface area contributed by atoms with E-state index in [1.54, 1.807) is 0 Å². The Hall–Kier alpha value is -2.02. The second-order valence-corrected chi connectivity index (χ2v) is 3.20. The molecule has 7 heteroatoms. The summed E-state index contributed by atoms with van der Waals surface area (Å²) in [7, 11) is 0. The zero-order valence-corrected chi connectivity index (χ0v) is 8.02. The van der Waals surface area contributed by atoms with Gasteiger partial charge in [0.15, 0.2) is 5.76 Å². The quantitative estimate of drug-likeness (QED) is 0.783. The average molecular weight is 224 g/mol. The van der Waals surface area contributed by atoms with E-state index in [-0.39, 0.29) is 17.2 Å². The van der Waals surface area contributed by atoms with Crippen LogP contribution in [0.4, 0.5) is 0 Å². The van der Waals surface area contributed by atoms with Crippen molar-refractivity contribution in [1.29, 1.82) is 0 Å². The Kier molecular flexibility index (Phi) is 2.30. The summed E-state index contributed by atoms with van der Waals surface area (Å²) in [5.74, 6) is -2.02. The average Bonchev–Trinajstić information content (AvgIpc) is 2.88. The molecule has 0 aliphatic rings. The van der Waals surface area contributed by atoms with E-state index in [0.29, 0.717) is 0 Å². The normalized spacial score (nSPS) is 10.1. The largest absolute Gasteiger partial charge is 0.475 e. The van der Waals surface area contributed by atoms with Gasteiger partial charge in [0.2, 0.25) is 11.5 Å². The second-order valence-electron chi connectivity index (χ2n) is 2.59. The predicted octanol–water partition coefficient (Wildman–Crippen LogP) is 1.06. The topological polar surface area (TPSA) is 93.3 Å². The highest BCUT2D eigenvalue weighted by Gasteiger charge is 2.18. The highest BCUT2D eigenvalue weighted by molar-refractivity contribution is 7.03. The molecule has 6 nitrogen and oxygen atoms in total. The van der Waals surface area contributed by atoms with Crippen molar-refractivity contribution in [2.45, 2.75) is 0 Å². The summed E-state index contributed by atoms with van der Waals surface area (Å²) in [4.78, 5) is 22.1. The lowest BCUT2D eigenvalue weighted by molar-refractivity contribution is 0.0660. The van der Waals surface area contributed by atoms with Crippen LogP contribution in [0.5, 0.6) is 0 Å². The molecule has 0 aromatic carbocycles. The van der Waals surface area contributed by atoms with E-state index < -0.39 is 11.8 Å². The van der Waals surface area contributed by atoms with Gasteiger partial charge in [-0.15, -0.1) is 5.10 Å². The molecule has 2 aromatic heterocycles. The summed E-state index contributed by atoms with van der Waals surface area (Å²) < 4.78 is 8.34. The number of hydrogen-bond acceptors (Lipinski definition) is 6. The smallest absolute Gasteiger partial charge is 0.371 e. The van der Waals surface area contributed by atoms with Crippen LogP contribution in [0.3, 0.4) is 0 Å². The molecule has 0 fully saturated rings. The van der Waals surface area contributed by atoms with Crippen molar-refractivity contribution in [3.8, 4) is 0 Å². The fourth-order valence-corrected chi connectivity index (χ4v) is 1.40. The lowest BCUT2D eigenvalue weighted by Crippen LogP contribution is -2.00. The second kappa shape index (κ2) is 3.62. The van der Waals surface area contributed by atoms with E-state index in [2.05, 4.69) is 9.59 Å². The number of nitrogens with zero attached hydrogens (tertiary/aromatic N) is 2. The Balaban J connectivity index is 2.31. The molecule has 0 bridgehead atoms. The molecule has 0 spiro atoms. The minimum Gasteiger partial charge on any atom is -0.475 e. The van der Waals surface area contributed by atoms with Crippen molar-refractivity contribution in [3.05, 3.63) is 34.7 Å². The first-order chi connectivity index (χ1) is 7.18. The maximum absolute atomic E-state index is 11.6. The number of ketones is 1. The minimum atomic E-state index is -1.22. The number of aromatic carboxylic acids is 1. The van der Waals surface area contributed by atoms with Crippen LogP contribution in [0.25, 0.3) is 0 Å². The van der Waals surface area contributed by atoms with Gasteiger partial charge in [0.05, 0.1) is 0 Å². The van der Waals surface area contributed by atoms with Crippen molar-refractivity contribution >= 4 is 23.3 Å². The van der Waals surface area contributed by atoms with Crippen molar-refractivity contribution in [3.63, 3.8) is 0 Å². The fraction of sp³-hybridized carbons (Fsp3) is 0. The Bertz CT molecular complexity index is 502. The zero-order chi connectivity index (χ0) is 10.8. The molecular formula is C8H4N2O4S. The van der Waals surface area contributed by atoms with Crippen molar-refractivity contribution in [1.82, 2.24) is 9.59 Å². The Labute approximate surface area is 87.3 Å². The number of carboxylic acid groups (broad SMARTS) is 1. The molecule has 0 unspecified atom stereocenters. The van der Waals surface area contributed by atoms with Gasteiger partial charge >= 0.3 is 5.97 Å². The molecule has 0 radical (unpaired) electrons. The van der Waals surface area contributed by atoms with Gasteiger partial charge in [-0.05, 0) is 23.7 Å². The van der Waals surface area contributed by atoms with Gasteiger partial charge in [0.25, 0.3) is 0 Å². The first-order valence-corrected chi connectivity index (χ1v) is 4.67. The monoisotopic (exact) mass is 224 g/mol. The highest BCUT2D eigenvalue weighted by atomic mass is 32.1. The molecule has 0 atom stereocenters. The molecule has 2 heterocycles. The van der Waals surface area contributed by atoms with Crippen LogP contribution in [0.15, 0.2) is 21.9 Å². The summed E-state index contributed by atoms with van der Waals surface area (Å²) in [6.45, 7) is 0. The number of furan rings is 1. The van der Waals surface area contributed by atoms with Crippen LogP contribution in [-0.4, -0.2) is 26.4 Å². The summed E-state index contributed by atoms with van der Waals surface area (Å²) in [5.41, 5.74) is 0.145. The molecule has 2 rings (SSSR count). The van der Waals surface area contributed by atoms with Crippen LogP contribution in [0.2, 0.25) is 0 Å². The van der Waals surface area contributed by atoms with Crippen LogP contribution < -0.4 is 0 Å². The Morgan fingerprint density at radius 3 is 2.60 bits per heavy atom. The summed E-state index contributed by atoms with van der Waals surface area (Å²) in [5, 5.41) is 13.6. The minimum absolute atomic E-state index is 0.0555. The van der Waals surface area contributed by atoms with Crippen LogP contribution in [-0.2, 0) is 0 Å². The molecule has 0 aliphatic carbocycles. The SMILES string of the molecule is O=C(O)c1ccc(C(=O)c2csnn2)o1. The molecule has 1 N–H and O–H groups in total. The van der Waals surface area contributed by atoms with Gasteiger partial charge in [-0.25, -0.2) is 4.79 Å². The van der Waals surface area contributed by atoms with Gasteiger partial charge < -0.3 is 9.52 Å². The fourth-order valence-electron chi connectivity index (χ4n) is 0.965. The Morgan fingerprint density at radius 2 is 2.07 bits per heavy atom. The van der Waals surface area contributed by atoms with Gasteiger partial charge in [-0.3, -0.25) is 4.79 Å². The first-order valence-electron chi connectivity index (χ1n) is 3.83. The number of hydrogen-bond donors (Lipinski definition) is 1. The predicted molar refractivity (Wildman–Crippen MR) is 49.0 cm³/mol. The van der Waals surface area contributed by atoms with Crippen LogP contribution in [0.1, 0.15) is 26.8 Å². The lowest BCUT2D eigenvalue weighted by Gasteiger charge is -1.89. The number of carboxylic acids is 1. The van der Waals surface area contributed by atoms with E-state index in [4.69, 9.17) is 9.52 Å². The molecule has 76 valence electrons. The Morgan fingerprint density at radius 1 is 1.33 bits per heavy atom. The molecule has 0 saturated carbocycles. The zero-order valence-electron chi connectivity index (χ0n) is 7.21. The van der Waals surface area contributed by atoms with E-state index in [0.717, 1.165) is 11.5 Å². The molecular weight excluding hydrogens is 220 g/mol. The van der Waals surface area contributed by atoms with Gasteiger partial charge in [0.1, 0.15) is 5.69 Å². The van der Waals surface area contributed by atoms with Gasteiger partial charge in [-0.1, -0.05) is 4.49 Å². The molecule has 2 aromatic rings. The third-order valence-corrected chi connectivity index (χ3v) is 2.14.